The van der Waals surface area contributed by atoms with Crippen LogP contribution in [0.1, 0.15) is 57.8 Å². The molecule has 0 aliphatic heterocycles. The molecule has 0 rings (SSSR count). The molecule has 0 aliphatic carbocycles. The Balaban J connectivity index is 5.35. The molecule has 2 atom stereocenters. The van der Waals surface area contributed by atoms with Crippen molar-refractivity contribution in [1.82, 2.24) is 20.4 Å². The van der Waals surface area contributed by atoms with Gasteiger partial charge in [-0.25, -0.2) is 0 Å². The topological polar surface area (TPSA) is 141 Å². The number of nitrogens with one attached hydrogen (secondary N) is 2. The van der Waals surface area contributed by atoms with Gasteiger partial charge in [-0.1, -0.05) is 6.42 Å². The first-order valence-corrected chi connectivity index (χ1v) is 27.6. The fraction of sp³-hybridized carbons (Fsp3) is 1.00. The Bertz CT molecular complexity index is 745. The summed E-state index contributed by atoms with van der Waals surface area (Å²) in [5, 5.41) is 7.20. The van der Waals surface area contributed by atoms with Gasteiger partial charge in [-0.15, -0.1) is 0 Å². The molecule has 2 unspecified atom stereocenters. The number of rotatable bonds is 40. The largest absolute Gasteiger partial charge is 0.500 e. The maximum Gasteiger partial charge on any atom is 0.500 e. The Labute approximate surface area is 340 Å². The highest BCUT2D eigenvalue weighted by molar-refractivity contribution is 6.61. The highest BCUT2D eigenvalue weighted by atomic mass is 28.4. The Kier molecular flexibility index (Phi) is 32.2. The summed E-state index contributed by atoms with van der Waals surface area (Å²) in [6.07, 6.45) is 9.18. The highest BCUT2D eigenvalue weighted by Crippen LogP contribution is 2.21. The zero-order valence-electron chi connectivity index (χ0n) is 37.4. The van der Waals surface area contributed by atoms with Crippen molar-refractivity contribution in [3.63, 3.8) is 0 Å². The van der Waals surface area contributed by atoms with Gasteiger partial charge in [0.2, 0.25) is 0 Å². The van der Waals surface area contributed by atoms with Crippen molar-refractivity contribution < 1.29 is 53.1 Å². The lowest BCUT2D eigenvalue weighted by atomic mass is 10.0. The van der Waals surface area contributed by atoms with Gasteiger partial charge in [0.05, 0.1) is 0 Å². The molecule has 0 spiro atoms. The van der Waals surface area contributed by atoms with Crippen molar-refractivity contribution in [2.45, 2.75) is 94.0 Å². The second kappa shape index (κ2) is 32.1. The molecule has 0 bridgehead atoms. The molecule has 0 heterocycles. The van der Waals surface area contributed by atoms with E-state index in [0.29, 0.717) is 12.1 Å². The Hall–Kier alpha value is 0.228. The third-order valence-electron chi connectivity index (χ3n) is 11.1. The summed E-state index contributed by atoms with van der Waals surface area (Å²) in [5.41, 5.74) is 0. The fourth-order valence-electron chi connectivity index (χ4n) is 7.13. The summed E-state index contributed by atoms with van der Waals surface area (Å²) in [5.74, 6) is 0. The van der Waals surface area contributed by atoms with Crippen molar-refractivity contribution in [3.8, 4) is 0 Å². The molecule has 0 aromatic heterocycles. The molecule has 0 saturated carbocycles. The Morgan fingerprint density at radius 2 is 0.545 bits per heavy atom. The van der Waals surface area contributed by atoms with Crippen LogP contribution in [-0.2, 0) is 53.1 Å². The summed E-state index contributed by atoms with van der Waals surface area (Å²) in [6, 6.07) is 3.92. The van der Waals surface area contributed by atoms with Crippen LogP contribution in [-0.4, -0.2) is 196 Å². The van der Waals surface area contributed by atoms with Crippen LogP contribution in [0, 0.1) is 0 Å². The highest BCUT2D eigenvalue weighted by Gasteiger charge is 2.40. The first-order chi connectivity index (χ1) is 26.5. The van der Waals surface area contributed by atoms with E-state index in [0.717, 1.165) is 121 Å². The number of hydrogen-bond acceptors (Lipinski definition) is 16. The van der Waals surface area contributed by atoms with E-state index in [1.807, 2.05) is 0 Å². The monoisotopic (exact) mass is 865 g/mol. The molecule has 0 aliphatic rings. The zero-order valence-corrected chi connectivity index (χ0v) is 41.4. The minimum absolute atomic E-state index is 0.422. The second-order valence-electron chi connectivity index (χ2n) is 13.8. The summed E-state index contributed by atoms with van der Waals surface area (Å²) in [7, 11) is 13.7. The van der Waals surface area contributed by atoms with Crippen LogP contribution in [0.5, 0.6) is 0 Å². The number of nitrogens with zero attached hydrogens (tertiary/aromatic N) is 2. The van der Waals surface area contributed by atoms with Crippen LogP contribution in [0.15, 0.2) is 0 Å². The first-order valence-electron chi connectivity index (χ1n) is 19.9. The van der Waals surface area contributed by atoms with E-state index >= 15 is 0 Å². The van der Waals surface area contributed by atoms with Crippen LogP contribution in [0.4, 0.5) is 0 Å². The SMILES string of the molecule is CNC(CCCC(CCN(CCC[Si](OC)(OC)OC)CCC[Si](OC)(OC)OC)NC)CCN(CCC[Si](OC)(OC)OC)CCC[Si](OC)(OC)OC. The third-order valence-corrected chi connectivity index (χ3v) is 22.4. The lowest BCUT2D eigenvalue weighted by Gasteiger charge is -2.30. The smallest absolute Gasteiger partial charge is 0.377 e. The molecular weight excluding hydrogens is 781 g/mol. The average Bonchev–Trinajstić information content (AvgIpc) is 3.23. The van der Waals surface area contributed by atoms with Crippen molar-refractivity contribution in [3.05, 3.63) is 0 Å². The van der Waals surface area contributed by atoms with Gasteiger partial charge in [-0.3, -0.25) is 0 Å². The van der Waals surface area contributed by atoms with E-state index in [1.54, 1.807) is 85.3 Å². The fourth-order valence-corrected chi connectivity index (χ4v) is 13.9. The molecule has 0 fully saturated rings. The standard InChI is InChI=1S/C35H84N4O12Si4/c1-36-34(22-28-38(24-16-30-52(40-3,41-4)42-5)25-17-31-53(43-6,44-7)45-8)20-15-21-35(37-2)23-29-39(26-18-32-54(46-9,47-10)48-11)27-19-33-55(49-12,50-13)51-14/h34-37H,15-33H2,1-14H3. The van der Waals surface area contributed by atoms with Gasteiger partial charge in [0.25, 0.3) is 0 Å². The van der Waals surface area contributed by atoms with E-state index in [-0.39, 0.29) is 0 Å². The summed E-state index contributed by atoms with van der Waals surface area (Å²) < 4.78 is 68.2. The molecule has 332 valence electrons. The van der Waals surface area contributed by atoms with Crippen LogP contribution in [0.25, 0.3) is 0 Å². The summed E-state index contributed by atoms with van der Waals surface area (Å²) >= 11 is 0. The van der Waals surface area contributed by atoms with Gasteiger partial charge >= 0.3 is 35.2 Å². The van der Waals surface area contributed by atoms with Crippen molar-refractivity contribution in [2.24, 2.45) is 0 Å². The first kappa shape index (κ1) is 55.2. The lowest BCUT2D eigenvalue weighted by Crippen LogP contribution is -2.44. The molecule has 2 N–H and O–H groups in total. The van der Waals surface area contributed by atoms with Gasteiger partial charge in [0.15, 0.2) is 0 Å². The summed E-state index contributed by atoms with van der Waals surface area (Å²) in [4.78, 5) is 5.07. The van der Waals surface area contributed by atoms with Crippen molar-refractivity contribution in [1.29, 1.82) is 0 Å². The molecule has 16 nitrogen and oxygen atoms in total. The maximum atomic E-state index is 5.68. The van der Waals surface area contributed by atoms with E-state index < -0.39 is 35.2 Å². The predicted octanol–water partition coefficient (Wildman–Crippen LogP) is 3.79. The minimum Gasteiger partial charge on any atom is -0.377 e. The van der Waals surface area contributed by atoms with Gasteiger partial charge in [-0.2, -0.15) is 0 Å². The van der Waals surface area contributed by atoms with Crippen LogP contribution in [0.3, 0.4) is 0 Å². The number of hydrogen-bond donors (Lipinski definition) is 2. The zero-order chi connectivity index (χ0) is 41.6. The van der Waals surface area contributed by atoms with Crippen LogP contribution < -0.4 is 10.6 Å². The van der Waals surface area contributed by atoms with E-state index in [9.17, 15) is 0 Å². The van der Waals surface area contributed by atoms with E-state index in [2.05, 4.69) is 34.5 Å². The predicted molar refractivity (Wildman–Crippen MR) is 226 cm³/mol. The molecule has 0 radical (unpaired) electrons. The average molecular weight is 865 g/mol. The molecular formula is C35H84N4O12Si4. The molecule has 55 heavy (non-hydrogen) atoms. The summed E-state index contributed by atoms with van der Waals surface area (Å²) in [6.45, 7) is 5.68. The molecule has 0 amide bonds. The Morgan fingerprint density at radius 1 is 0.327 bits per heavy atom. The Morgan fingerprint density at radius 3 is 0.727 bits per heavy atom. The maximum absolute atomic E-state index is 5.68. The van der Waals surface area contributed by atoms with Crippen molar-refractivity contribution in [2.75, 3.05) is 139 Å². The lowest BCUT2D eigenvalue weighted by molar-refractivity contribution is 0.118. The molecule has 0 saturated heterocycles. The van der Waals surface area contributed by atoms with Gasteiger partial charge in [-0.05, 0) is 105 Å². The minimum atomic E-state index is -2.63. The van der Waals surface area contributed by atoms with E-state index in [4.69, 9.17) is 53.1 Å². The van der Waals surface area contributed by atoms with E-state index in [1.165, 1.54) is 0 Å². The normalized spacial score (nSPS) is 14.4. The molecule has 20 heteroatoms. The van der Waals surface area contributed by atoms with Gasteiger partial charge < -0.3 is 73.5 Å². The van der Waals surface area contributed by atoms with Gasteiger partial charge in [0.1, 0.15) is 0 Å². The van der Waals surface area contributed by atoms with Crippen LogP contribution >= 0.6 is 0 Å². The van der Waals surface area contributed by atoms with Crippen LogP contribution in [0.2, 0.25) is 24.2 Å². The third kappa shape index (κ3) is 20.9. The molecule has 0 aromatic carbocycles. The van der Waals surface area contributed by atoms with Crippen molar-refractivity contribution >= 4 is 35.2 Å². The molecule has 0 aromatic rings. The van der Waals surface area contributed by atoms with Gasteiger partial charge in [0, 0.05) is 122 Å². The quantitative estimate of drug-likeness (QED) is 0.0863. The second-order valence-corrected chi connectivity index (χ2v) is 26.1.